The Hall–Kier alpha value is -0.860. The van der Waals surface area contributed by atoms with E-state index in [4.69, 9.17) is 9.47 Å². The highest BCUT2D eigenvalue weighted by molar-refractivity contribution is 7.89. The highest BCUT2D eigenvalue weighted by atomic mass is 35.5. The van der Waals surface area contributed by atoms with Crippen molar-refractivity contribution in [1.82, 2.24) is 10.0 Å². The highest BCUT2D eigenvalue weighted by Gasteiger charge is 2.35. The second-order valence-electron chi connectivity index (χ2n) is 6.24. The van der Waals surface area contributed by atoms with Crippen LogP contribution in [0.15, 0.2) is 29.2 Å². The lowest BCUT2D eigenvalue weighted by molar-refractivity contribution is 0.146. The minimum Gasteiger partial charge on any atom is -0.491 e. The Balaban J connectivity index is 0.00000208. The summed E-state index contributed by atoms with van der Waals surface area (Å²) in [5.41, 5.74) is 0. The minimum atomic E-state index is -3.48. The lowest BCUT2D eigenvalue weighted by Crippen LogP contribution is -2.47. The van der Waals surface area contributed by atoms with E-state index >= 15 is 0 Å². The van der Waals surface area contributed by atoms with E-state index in [0.29, 0.717) is 31.0 Å². The molecule has 6 nitrogen and oxygen atoms in total. The van der Waals surface area contributed by atoms with Gasteiger partial charge < -0.3 is 14.8 Å². The summed E-state index contributed by atoms with van der Waals surface area (Å²) >= 11 is 0. The maximum Gasteiger partial charge on any atom is 0.240 e. The van der Waals surface area contributed by atoms with Crippen molar-refractivity contribution >= 4 is 22.4 Å². The molecule has 3 rings (SSSR count). The number of sulfonamides is 1. The molecular weight excluding hydrogens is 352 g/mol. The summed E-state index contributed by atoms with van der Waals surface area (Å²) in [4.78, 5) is 0.280. The first-order chi connectivity index (χ1) is 11.1. The average molecular weight is 377 g/mol. The van der Waals surface area contributed by atoms with Gasteiger partial charge in [0.15, 0.2) is 0 Å². The largest absolute Gasteiger partial charge is 0.491 e. The minimum absolute atomic E-state index is 0. The van der Waals surface area contributed by atoms with Crippen LogP contribution in [0.5, 0.6) is 5.75 Å². The van der Waals surface area contributed by atoms with Crippen LogP contribution in [-0.4, -0.2) is 46.9 Å². The van der Waals surface area contributed by atoms with Crippen LogP contribution in [0.25, 0.3) is 0 Å². The third kappa shape index (κ3) is 4.83. The number of methoxy groups -OCH3 is 1. The molecule has 136 valence electrons. The first-order valence-electron chi connectivity index (χ1n) is 8.07. The number of halogens is 1. The molecule has 2 aliphatic heterocycles. The second kappa shape index (κ2) is 8.49. The van der Waals surface area contributed by atoms with Gasteiger partial charge in [-0.15, -0.1) is 12.4 Å². The Bertz CT molecular complexity index is 611. The molecule has 0 aromatic heterocycles. The van der Waals surface area contributed by atoms with Gasteiger partial charge in [0, 0.05) is 25.2 Å². The molecule has 2 N–H and O–H groups in total. The molecule has 24 heavy (non-hydrogen) atoms. The highest BCUT2D eigenvalue weighted by Crippen LogP contribution is 2.28. The second-order valence-corrected chi connectivity index (χ2v) is 7.95. The Kier molecular flexibility index (Phi) is 6.88. The molecule has 2 atom stereocenters. The van der Waals surface area contributed by atoms with E-state index in [2.05, 4.69) is 10.0 Å². The van der Waals surface area contributed by atoms with Crippen molar-refractivity contribution in [1.29, 1.82) is 0 Å². The van der Waals surface area contributed by atoms with Crippen LogP contribution in [0.4, 0.5) is 0 Å². The third-order valence-electron chi connectivity index (χ3n) is 4.49. The molecule has 0 amide bonds. The first kappa shape index (κ1) is 19.5. The molecule has 0 aliphatic carbocycles. The maximum absolute atomic E-state index is 12.5. The van der Waals surface area contributed by atoms with Gasteiger partial charge in [0.2, 0.25) is 10.0 Å². The van der Waals surface area contributed by atoms with E-state index < -0.39 is 10.0 Å². The molecule has 0 saturated carbocycles. The van der Waals surface area contributed by atoms with E-state index in [-0.39, 0.29) is 23.3 Å². The van der Waals surface area contributed by atoms with Gasteiger partial charge >= 0.3 is 0 Å². The summed E-state index contributed by atoms with van der Waals surface area (Å²) in [5.74, 6) is 0.640. The molecule has 2 saturated heterocycles. The first-order valence-corrected chi connectivity index (χ1v) is 9.55. The van der Waals surface area contributed by atoms with Crippen molar-refractivity contribution in [2.75, 3.05) is 20.3 Å². The van der Waals surface area contributed by atoms with Crippen molar-refractivity contribution < 1.29 is 17.9 Å². The zero-order chi connectivity index (χ0) is 16.3. The topological polar surface area (TPSA) is 76.7 Å². The number of hydrogen-bond donors (Lipinski definition) is 2. The zero-order valence-corrected chi connectivity index (χ0v) is 15.4. The fraction of sp³-hybridized carbons (Fsp3) is 0.625. The number of ether oxygens (including phenoxy) is 2. The predicted molar refractivity (Wildman–Crippen MR) is 94.4 cm³/mol. The van der Waals surface area contributed by atoms with E-state index in [1.807, 2.05) is 0 Å². The van der Waals surface area contributed by atoms with Crippen molar-refractivity contribution in [2.24, 2.45) is 0 Å². The normalized spacial score (nSPS) is 26.0. The van der Waals surface area contributed by atoms with E-state index in [0.717, 1.165) is 25.7 Å². The molecule has 2 fully saturated rings. The molecule has 0 spiro atoms. The van der Waals surface area contributed by atoms with Gasteiger partial charge in [-0.25, -0.2) is 13.1 Å². The van der Waals surface area contributed by atoms with E-state index in [1.165, 1.54) is 0 Å². The fourth-order valence-electron chi connectivity index (χ4n) is 3.40. The smallest absolute Gasteiger partial charge is 0.240 e. The quantitative estimate of drug-likeness (QED) is 0.708. The summed E-state index contributed by atoms with van der Waals surface area (Å²) in [6.45, 7) is 0.943. The summed E-state index contributed by atoms with van der Waals surface area (Å²) < 4.78 is 38.2. The third-order valence-corrected chi connectivity index (χ3v) is 6.02. The molecule has 2 heterocycles. The number of rotatable bonds is 7. The van der Waals surface area contributed by atoms with E-state index in [1.54, 1.807) is 31.4 Å². The van der Waals surface area contributed by atoms with Crippen LogP contribution in [0, 0.1) is 0 Å². The van der Waals surface area contributed by atoms with Crippen LogP contribution >= 0.6 is 12.4 Å². The van der Waals surface area contributed by atoms with Gasteiger partial charge in [-0.2, -0.15) is 0 Å². The van der Waals surface area contributed by atoms with Crippen molar-refractivity contribution in [3.05, 3.63) is 24.3 Å². The lowest BCUT2D eigenvalue weighted by atomic mass is 10.0. The van der Waals surface area contributed by atoms with Gasteiger partial charge in [-0.3, -0.25) is 0 Å². The molecule has 0 radical (unpaired) electrons. The molecule has 8 heteroatoms. The van der Waals surface area contributed by atoms with Gasteiger partial charge in [0.05, 0.1) is 11.5 Å². The van der Waals surface area contributed by atoms with Crippen LogP contribution in [0.2, 0.25) is 0 Å². The number of hydrogen-bond acceptors (Lipinski definition) is 5. The fourth-order valence-corrected chi connectivity index (χ4v) is 4.66. The van der Waals surface area contributed by atoms with Crippen LogP contribution < -0.4 is 14.8 Å². The summed E-state index contributed by atoms with van der Waals surface area (Å²) in [6.07, 6.45) is 4.04. The molecule has 1 aromatic rings. The van der Waals surface area contributed by atoms with Crippen LogP contribution in [0.1, 0.15) is 25.7 Å². The van der Waals surface area contributed by atoms with E-state index in [9.17, 15) is 8.42 Å². The molecular formula is C16H25ClN2O4S. The van der Waals surface area contributed by atoms with Gasteiger partial charge in [0.1, 0.15) is 12.4 Å². The average Bonchev–Trinajstić information content (AvgIpc) is 2.86. The van der Waals surface area contributed by atoms with Gasteiger partial charge in [0.25, 0.3) is 0 Å². The lowest BCUT2D eigenvalue weighted by Gasteiger charge is -2.29. The van der Waals surface area contributed by atoms with Crippen molar-refractivity contribution in [3.8, 4) is 5.75 Å². The number of piperidine rings is 1. The summed E-state index contributed by atoms with van der Waals surface area (Å²) in [7, 11) is -1.87. The SMILES string of the molecule is COCCOc1ccc(S(=O)(=O)NC2CC3CCC(C2)N3)cc1.Cl. The summed E-state index contributed by atoms with van der Waals surface area (Å²) in [5, 5.41) is 3.52. The number of fused-ring (bicyclic) bond motifs is 2. The zero-order valence-electron chi connectivity index (χ0n) is 13.7. The molecule has 1 aromatic carbocycles. The Morgan fingerprint density at radius 3 is 2.33 bits per heavy atom. The van der Waals surface area contributed by atoms with Crippen LogP contribution in [-0.2, 0) is 14.8 Å². The van der Waals surface area contributed by atoms with Gasteiger partial charge in [-0.05, 0) is 49.9 Å². The molecule has 2 unspecified atom stereocenters. The predicted octanol–water partition coefficient (Wildman–Crippen LogP) is 1.69. The Labute approximate surface area is 149 Å². The molecule has 2 bridgehead atoms. The standard InChI is InChI=1S/C16H24N2O4S.ClH/c1-21-8-9-22-15-4-6-16(7-5-15)23(19,20)18-14-10-12-2-3-13(11-14)17-12;/h4-7,12-14,17-18H,2-3,8-11H2,1H3;1H. The number of benzene rings is 1. The number of nitrogens with one attached hydrogen (secondary N) is 2. The van der Waals surface area contributed by atoms with Crippen molar-refractivity contribution in [2.45, 2.75) is 48.7 Å². The van der Waals surface area contributed by atoms with Crippen LogP contribution in [0.3, 0.4) is 0 Å². The monoisotopic (exact) mass is 376 g/mol. The molecule has 2 aliphatic rings. The maximum atomic E-state index is 12.5. The Morgan fingerprint density at radius 1 is 1.12 bits per heavy atom. The van der Waals surface area contributed by atoms with Crippen molar-refractivity contribution in [3.63, 3.8) is 0 Å². The Morgan fingerprint density at radius 2 is 1.75 bits per heavy atom. The van der Waals surface area contributed by atoms with Gasteiger partial charge in [-0.1, -0.05) is 0 Å². The summed E-state index contributed by atoms with van der Waals surface area (Å²) in [6, 6.07) is 7.46.